The van der Waals surface area contributed by atoms with Crippen molar-refractivity contribution in [3.05, 3.63) is 39.4 Å². The van der Waals surface area contributed by atoms with Gasteiger partial charge in [-0.25, -0.2) is 0 Å². The van der Waals surface area contributed by atoms with E-state index in [1.807, 2.05) is 6.92 Å². The van der Waals surface area contributed by atoms with Gasteiger partial charge in [0.1, 0.15) is 0 Å². The van der Waals surface area contributed by atoms with Crippen LogP contribution in [0.3, 0.4) is 0 Å². The smallest absolute Gasteiger partial charge is 0.273 e. The van der Waals surface area contributed by atoms with Crippen LogP contribution in [0.2, 0.25) is 0 Å². The lowest BCUT2D eigenvalue weighted by atomic mass is 10.1. The van der Waals surface area contributed by atoms with E-state index >= 15 is 0 Å². The summed E-state index contributed by atoms with van der Waals surface area (Å²) >= 11 is 5.64. The molecule has 1 aromatic carbocycles. The summed E-state index contributed by atoms with van der Waals surface area (Å²) in [6, 6.07) is 4.46. The molecule has 0 saturated carbocycles. The van der Waals surface area contributed by atoms with Crippen molar-refractivity contribution >= 4 is 23.2 Å². The molecule has 5 nitrogen and oxygen atoms in total. The molecule has 0 heterocycles. The van der Waals surface area contributed by atoms with Gasteiger partial charge in [-0.3, -0.25) is 14.9 Å². The summed E-state index contributed by atoms with van der Waals surface area (Å²) in [6.45, 7) is 3.93. The zero-order valence-corrected chi connectivity index (χ0v) is 11.0. The van der Waals surface area contributed by atoms with Crippen LogP contribution in [0.25, 0.3) is 0 Å². The Bertz CT molecular complexity index is 463. The number of rotatable bonds is 5. The molecule has 0 aromatic heterocycles. The van der Waals surface area contributed by atoms with Crippen LogP contribution in [0, 0.1) is 23.0 Å². The fourth-order valence-electron chi connectivity index (χ4n) is 1.48. The maximum Gasteiger partial charge on any atom is 0.273 e. The molecule has 1 N–H and O–H groups in total. The largest absolute Gasteiger partial charge is 0.352 e. The average molecular weight is 271 g/mol. The van der Waals surface area contributed by atoms with Crippen LogP contribution in [0.5, 0.6) is 0 Å². The minimum absolute atomic E-state index is 0.0481. The van der Waals surface area contributed by atoms with Crippen LogP contribution in [0.4, 0.5) is 5.69 Å². The second-order valence-corrected chi connectivity index (χ2v) is 4.48. The van der Waals surface area contributed by atoms with E-state index < -0.39 is 4.92 Å². The number of nitro benzene ring substituents is 1. The molecule has 1 amide bonds. The van der Waals surface area contributed by atoms with E-state index in [2.05, 4.69) is 5.32 Å². The third-order valence-electron chi connectivity index (χ3n) is 2.62. The highest BCUT2D eigenvalue weighted by molar-refractivity contribution is 6.18. The predicted octanol–water partition coefficient (Wildman–Crippen LogP) is 2.51. The Morgan fingerprint density at radius 3 is 2.78 bits per heavy atom. The summed E-state index contributed by atoms with van der Waals surface area (Å²) in [6.07, 6.45) is 0. The molecule has 0 spiro atoms. The zero-order valence-electron chi connectivity index (χ0n) is 10.3. The second-order valence-electron chi connectivity index (χ2n) is 4.18. The first-order valence-corrected chi connectivity index (χ1v) is 6.09. The number of carbonyl (C=O) groups excluding carboxylic acids is 1. The molecule has 1 atom stereocenters. The molecule has 0 aliphatic carbocycles. The monoisotopic (exact) mass is 270 g/mol. The van der Waals surface area contributed by atoms with Gasteiger partial charge in [-0.15, -0.1) is 11.6 Å². The first-order chi connectivity index (χ1) is 8.47. The Labute approximate surface area is 110 Å². The van der Waals surface area contributed by atoms with Gasteiger partial charge in [0.05, 0.1) is 4.92 Å². The minimum Gasteiger partial charge on any atom is -0.352 e. The number of carbonyl (C=O) groups is 1. The Morgan fingerprint density at radius 1 is 1.56 bits per heavy atom. The summed E-state index contributed by atoms with van der Waals surface area (Å²) in [5.74, 6) is 0.302. The fraction of sp³-hybridized carbons (Fsp3) is 0.417. The van der Waals surface area contributed by atoms with Crippen LogP contribution in [0.1, 0.15) is 22.8 Å². The summed E-state index contributed by atoms with van der Waals surface area (Å²) < 4.78 is 0. The molecule has 0 aliphatic heterocycles. The molecule has 1 rings (SSSR count). The van der Waals surface area contributed by atoms with E-state index in [1.54, 1.807) is 13.0 Å². The molecule has 1 unspecified atom stereocenters. The molecule has 0 fully saturated rings. The molecule has 0 radical (unpaired) electrons. The quantitative estimate of drug-likeness (QED) is 0.508. The molecule has 18 heavy (non-hydrogen) atoms. The Balaban J connectivity index is 2.86. The first kappa shape index (κ1) is 14.4. The Hall–Kier alpha value is -1.62. The molecule has 0 bridgehead atoms. The number of hydrogen-bond acceptors (Lipinski definition) is 3. The maximum atomic E-state index is 11.9. The number of nitrogens with zero attached hydrogens (tertiary/aromatic N) is 1. The molecular formula is C12H15ClN2O3. The average Bonchev–Trinajstić information content (AvgIpc) is 2.35. The second kappa shape index (κ2) is 6.35. The van der Waals surface area contributed by atoms with E-state index in [0.717, 1.165) is 0 Å². The Morgan fingerprint density at radius 2 is 2.22 bits per heavy atom. The van der Waals surface area contributed by atoms with Gasteiger partial charge < -0.3 is 5.32 Å². The van der Waals surface area contributed by atoms with Gasteiger partial charge in [0.25, 0.3) is 11.6 Å². The lowest BCUT2D eigenvalue weighted by Gasteiger charge is -2.10. The molecule has 0 aliphatic rings. The molecular weight excluding hydrogens is 256 g/mol. The van der Waals surface area contributed by atoms with Gasteiger partial charge >= 0.3 is 0 Å². The third-order valence-corrected chi connectivity index (χ3v) is 3.15. The predicted molar refractivity (Wildman–Crippen MR) is 70.1 cm³/mol. The highest BCUT2D eigenvalue weighted by Gasteiger charge is 2.17. The number of nitrogens with one attached hydrogen (secondary N) is 1. The van der Waals surface area contributed by atoms with Crippen molar-refractivity contribution in [2.45, 2.75) is 13.8 Å². The third kappa shape index (κ3) is 3.43. The van der Waals surface area contributed by atoms with Crippen molar-refractivity contribution in [1.29, 1.82) is 0 Å². The first-order valence-electron chi connectivity index (χ1n) is 5.55. The number of halogens is 1. The highest BCUT2D eigenvalue weighted by Crippen LogP contribution is 2.20. The van der Waals surface area contributed by atoms with E-state index in [0.29, 0.717) is 23.6 Å². The van der Waals surface area contributed by atoms with Crippen molar-refractivity contribution in [2.24, 2.45) is 5.92 Å². The lowest BCUT2D eigenvalue weighted by Crippen LogP contribution is -2.29. The lowest BCUT2D eigenvalue weighted by molar-refractivity contribution is -0.385. The van der Waals surface area contributed by atoms with Gasteiger partial charge in [-0.1, -0.05) is 13.0 Å². The van der Waals surface area contributed by atoms with Crippen LogP contribution < -0.4 is 5.32 Å². The molecule has 1 aromatic rings. The van der Waals surface area contributed by atoms with E-state index in [4.69, 9.17) is 11.6 Å². The summed E-state index contributed by atoms with van der Waals surface area (Å²) in [5.41, 5.74) is 0.651. The van der Waals surface area contributed by atoms with Crippen LogP contribution >= 0.6 is 11.6 Å². The van der Waals surface area contributed by atoms with Crippen molar-refractivity contribution in [1.82, 2.24) is 5.32 Å². The van der Waals surface area contributed by atoms with Crippen molar-refractivity contribution in [3.63, 3.8) is 0 Å². The number of amides is 1. The van der Waals surface area contributed by atoms with Gasteiger partial charge in [-0.05, 0) is 18.9 Å². The highest BCUT2D eigenvalue weighted by atomic mass is 35.5. The summed E-state index contributed by atoms with van der Waals surface area (Å²) in [5, 5.41) is 13.5. The van der Waals surface area contributed by atoms with Crippen LogP contribution in [-0.2, 0) is 0 Å². The zero-order chi connectivity index (χ0) is 13.7. The van der Waals surface area contributed by atoms with Crippen molar-refractivity contribution in [3.8, 4) is 0 Å². The summed E-state index contributed by atoms with van der Waals surface area (Å²) in [4.78, 5) is 22.2. The Kier molecular flexibility index (Phi) is 5.09. The van der Waals surface area contributed by atoms with Crippen LogP contribution in [-0.4, -0.2) is 23.3 Å². The normalized spacial score (nSPS) is 11.9. The summed E-state index contributed by atoms with van der Waals surface area (Å²) in [7, 11) is 0. The maximum absolute atomic E-state index is 11.9. The van der Waals surface area contributed by atoms with E-state index in [1.165, 1.54) is 12.1 Å². The van der Waals surface area contributed by atoms with Crippen LogP contribution in [0.15, 0.2) is 18.2 Å². The molecule has 6 heteroatoms. The van der Waals surface area contributed by atoms with E-state index in [-0.39, 0.29) is 17.5 Å². The van der Waals surface area contributed by atoms with Crippen molar-refractivity contribution < 1.29 is 9.72 Å². The van der Waals surface area contributed by atoms with Gasteiger partial charge in [0.15, 0.2) is 0 Å². The topological polar surface area (TPSA) is 72.2 Å². The number of hydrogen-bond donors (Lipinski definition) is 1. The number of alkyl halides is 1. The fourth-order valence-corrected chi connectivity index (χ4v) is 1.59. The molecule has 0 saturated heterocycles. The SMILES string of the molecule is Cc1c(C(=O)NCC(C)CCl)cccc1[N+](=O)[O-]. The number of benzene rings is 1. The number of nitro groups is 1. The standard InChI is InChI=1S/C12H15ClN2O3/c1-8(6-13)7-14-12(16)10-4-3-5-11(9(10)2)15(17)18/h3-5,8H,6-7H2,1-2H3,(H,14,16). The molecule has 98 valence electrons. The minimum atomic E-state index is -0.493. The van der Waals surface area contributed by atoms with Gasteiger partial charge in [-0.2, -0.15) is 0 Å². The van der Waals surface area contributed by atoms with Gasteiger partial charge in [0, 0.05) is 29.6 Å². The van der Waals surface area contributed by atoms with Gasteiger partial charge in [0.2, 0.25) is 0 Å². The van der Waals surface area contributed by atoms with E-state index in [9.17, 15) is 14.9 Å². The van der Waals surface area contributed by atoms with Crippen molar-refractivity contribution in [2.75, 3.05) is 12.4 Å².